The second-order valence-electron chi connectivity index (χ2n) is 4.71. The molecule has 21 heavy (non-hydrogen) atoms. The summed E-state index contributed by atoms with van der Waals surface area (Å²) in [5, 5.41) is 9.64. The van der Waals surface area contributed by atoms with Gasteiger partial charge in [-0.15, -0.1) is 0 Å². The van der Waals surface area contributed by atoms with E-state index < -0.39 is 11.9 Å². The predicted octanol–water partition coefficient (Wildman–Crippen LogP) is 1.46. The third-order valence-corrected chi connectivity index (χ3v) is 3.10. The first-order chi connectivity index (χ1) is 10.0. The Kier molecular flexibility index (Phi) is 4.37. The van der Waals surface area contributed by atoms with Crippen molar-refractivity contribution in [2.45, 2.75) is 13.3 Å². The zero-order valence-corrected chi connectivity index (χ0v) is 11.6. The largest absolute Gasteiger partial charge is 0.480 e. The Hall–Kier alpha value is -2.63. The molecule has 6 nitrogen and oxygen atoms in total. The van der Waals surface area contributed by atoms with Crippen molar-refractivity contribution >= 4 is 22.8 Å². The maximum Gasteiger partial charge on any atom is 0.323 e. The average Bonchev–Trinajstić information content (AvgIpc) is 2.45. The molecule has 1 amide bonds. The van der Waals surface area contributed by atoms with E-state index in [0.29, 0.717) is 24.0 Å². The van der Waals surface area contributed by atoms with Crippen molar-refractivity contribution < 1.29 is 14.7 Å². The second-order valence-corrected chi connectivity index (χ2v) is 4.71. The summed E-state index contributed by atoms with van der Waals surface area (Å²) in [5.74, 6) is -1.46. The van der Waals surface area contributed by atoms with Gasteiger partial charge in [0.05, 0.1) is 11.1 Å². The molecule has 0 saturated heterocycles. The number of amides is 1. The fraction of sp³-hybridized carbons (Fsp3) is 0.267. The number of carbonyl (C=O) groups is 2. The van der Waals surface area contributed by atoms with E-state index in [9.17, 15) is 14.4 Å². The minimum absolute atomic E-state index is 0.303. The summed E-state index contributed by atoms with van der Waals surface area (Å²) >= 11 is 0. The number of nitrogens with zero attached hydrogens (tertiary/aromatic N) is 1. The van der Waals surface area contributed by atoms with E-state index >= 15 is 0 Å². The van der Waals surface area contributed by atoms with Crippen LogP contribution in [0.25, 0.3) is 10.9 Å². The molecule has 0 radical (unpaired) electrons. The highest BCUT2D eigenvalue weighted by Gasteiger charge is 2.20. The van der Waals surface area contributed by atoms with Crippen molar-refractivity contribution in [1.82, 2.24) is 9.88 Å². The quantitative estimate of drug-likeness (QED) is 0.871. The van der Waals surface area contributed by atoms with Crippen LogP contribution in [0, 0.1) is 0 Å². The Morgan fingerprint density at radius 2 is 2.00 bits per heavy atom. The standard InChI is InChI=1S/C15H16N2O4/c1-2-8-17(9-13(19)20)15(21)11-5-3-4-10-6-7-12(18)16-14(10)11/h3-7H,2,8-9H2,1H3,(H,16,18)(H,19,20). The molecule has 0 aliphatic heterocycles. The molecule has 0 saturated carbocycles. The fourth-order valence-corrected chi connectivity index (χ4v) is 2.21. The Morgan fingerprint density at radius 1 is 1.24 bits per heavy atom. The molecule has 1 aromatic heterocycles. The van der Waals surface area contributed by atoms with Gasteiger partial charge >= 0.3 is 5.97 Å². The molecule has 1 heterocycles. The van der Waals surface area contributed by atoms with Gasteiger partial charge in [-0.3, -0.25) is 14.4 Å². The number of fused-ring (bicyclic) bond motifs is 1. The molecule has 110 valence electrons. The normalized spacial score (nSPS) is 10.5. The molecular formula is C15H16N2O4. The molecular weight excluding hydrogens is 272 g/mol. The van der Waals surface area contributed by atoms with Crippen LogP contribution < -0.4 is 5.56 Å². The van der Waals surface area contributed by atoms with Crippen molar-refractivity contribution in [3.63, 3.8) is 0 Å². The highest BCUT2D eigenvalue weighted by molar-refractivity contribution is 6.06. The lowest BCUT2D eigenvalue weighted by molar-refractivity contribution is -0.137. The molecule has 6 heteroatoms. The lowest BCUT2D eigenvalue weighted by Gasteiger charge is -2.20. The second kappa shape index (κ2) is 6.21. The fourth-order valence-electron chi connectivity index (χ4n) is 2.21. The first-order valence-electron chi connectivity index (χ1n) is 6.66. The van der Waals surface area contributed by atoms with Crippen molar-refractivity contribution in [1.29, 1.82) is 0 Å². The molecule has 0 unspecified atom stereocenters. The lowest BCUT2D eigenvalue weighted by Crippen LogP contribution is -2.36. The Bertz CT molecular complexity index is 736. The van der Waals surface area contributed by atoms with Crippen LogP contribution in [0.3, 0.4) is 0 Å². The number of hydrogen-bond acceptors (Lipinski definition) is 3. The van der Waals surface area contributed by atoms with Crippen LogP contribution >= 0.6 is 0 Å². The summed E-state index contributed by atoms with van der Waals surface area (Å²) in [6.07, 6.45) is 0.653. The van der Waals surface area contributed by atoms with E-state index in [1.54, 1.807) is 24.3 Å². The molecule has 0 fully saturated rings. The van der Waals surface area contributed by atoms with Gasteiger partial charge in [-0.25, -0.2) is 0 Å². The Morgan fingerprint density at radius 3 is 2.67 bits per heavy atom. The van der Waals surface area contributed by atoms with Crippen LogP contribution in [0.15, 0.2) is 35.1 Å². The van der Waals surface area contributed by atoms with E-state index in [0.717, 1.165) is 5.39 Å². The average molecular weight is 288 g/mol. The summed E-state index contributed by atoms with van der Waals surface area (Å²) in [7, 11) is 0. The molecule has 2 aromatic rings. The number of aromatic amines is 1. The SMILES string of the molecule is CCCN(CC(=O)O)C(=O)c1cccc2ccc(=O)[nH]c12. The maximum atomic E-state index is 12.5. The van der Waals surface area contributed by atoms with Crippen LogP contribution in [0.5, 0.6) is 0 Å². The molecule has 1 aromatic carbocycles. The van der Waals surface area contributed by atoms with Gasteiger partial charge in [0.25, 0.3) is 5.91 Å². The van der Waals surface area contributed by atoms with Gasteiger partial charge in [0.15, 0.2) is 0 Å². The molecule has 0 spiro atoms. The third-order valence-electron chi connectivity index (χ3n) is 3.10. The highest BCUT2D eigenvalue weighted by Crippen LogP contribution is 2.17. The molecule has 0 aliphatic rings. The number of H-pyrrole nitrogens is 1. The summed E-state index contributed by atoms with van der Waals surface area (Å²) < 4.78 is 0. The topological polar surface area (TPSA) is 90.5 Å². The number of benzene rings is 1. The Labute approximate surface area is 121 Å². The van der Waals surface area contributed by atoms with Crippen molar-refractivity contribution in [2.75, 3.05) is 13.1 Å². The van der Waals surface area contributed by atoms with Gasteiger partial charge in [-0.05, 0) is 23.9 Å². The number of aliphatic carboxylic acids is 1. The number of pyridine rings is 1. The number of hydrogen-bond donors (Lipinski definition) is 2. The zero-order valence-electron chi connectivity index (χ0n) is 11.6. The van der Waals surface area contributed by atoms with E-state index in [4.69, 9.17) is 5.11 Å². The van der Waals surface area contributed by atoms with Gasteiger partial charge in [0, 0.05) is 12.6 Å². The predicted molar refractivity (Wildman–Crippen MR) is 78.4 cm³/mol. The number of carboxylic acid groups (broad SMARTS) is 1. The number of rotatable bonds is 5. The molecule has 0 atom stereocenters. The molecule has 0 bridgehead atoms. The summed E-state index contributed by atoms with van der Waals surface area (Å²) in [5.41, 5.74) is 0.435. The van der Waals surface area contributed by atoms with Gasteiger partial charge in [-0.2, -0.15) is 0 Å². The third kappa shape index (κ3) is 3.28. The van der Waals surface area contributed by atoms with Crippen molar-refractivity contribution in [3.8, 4) is 0 Å². The van der Waals surface area contributed by atoms with E-state index in [2.05, 4.69) is 4.98 Å². The van der Waals surface area contributed by atoms with E-state index in [-0.39, 0.29) is 12.1 Å². The number of para-hydroxylation sites is 1. The summed E-state index contributed by atoms with van der Waals surface area (Å²) in [6, 6.07) is 8.09. The van der Waals surface area contributed by atoms with Gasteiger partial charge in [0.2, 0.25) is 5.56 Å². The molecule has 0 aliphatic carbocycles. The van der Waals surface area contributed by atoms with E-state index in [1.807, 2.05) is 6.92 Å². The van der Waals surface area contributed by atoms with Crippen LogP contribution in [0.4, 0.5) is 0 Å². The zero-order chi connectivity index (χ0) is 15.4. The molecule has 2 rings (SSSR count). The van der Waals surface area contributed by atoms with Crippen molar-refractivity contribution in [2.24, 2.45) is 0 Å². The minimum Gasteiger partial charge on any atom is -0.480 e. The van der Waals surface area contributed by atoms with Gasteiger partial charge in [-0.1, -0.05) is 19.1 Å². The smallest absolute Gasteiger partial charge is 0.323 e. The van der Waals surface area contributed by atoms with Crippen LogP contribution in [0.1, 0.15) is 23.7 Å². The van der Waals surface area contributed by atoms with E-state index in [1.165, 1.54) is 11.0 Å². The summed E-state index contributed by atoms with van der Waals surface area (Å²) in [4.78, 5) is 38.8. The van der Waals surface area contributed by atoms with Gasteiger partial charge in [0.1, 0.15) is 6.54 Å². The molecule has 2 N–H and O–H groups in total. The lowest BCUT2D eigenvalue weighted by atomic mass is 10.1. The number of aromatic nitrogens is 1. The van der Waals surface area contributed by atoms with Crippen LogP contribution in [0.2, 0.25) is 0 Å². The minimum atomic E-state index is -1.06. The Balaban J connectivity index is 2.48. The number of nitrogens with one attached hydrogen (secondary N) is 1. The van der Waals surface area contributed by atoms with Crippen LogP contribution in [-0.2, 0) is 4.79 Å². The number of carboxylic acids is 1. The first-order valence-corrected chi connectivity index (χ1v) is 6.66. The van der Waals surface area contributed by atoms with Crippen LogP contribution in [-0.4, -0.2) is 40.0 Å². The summed E-state index contributed by atoms with van der Waals surface area (Å²) in [6.45, 7) is 1.85. The number of carbonyl (C=O) groups excluding carboxylic acids is 1. The van der Waals surface area contributed by atoms with Crippen molar-refractivity contribution in [3.05, 3.63) is 46.2 Å². The monoisotopic (exact) mass is 288 g/mol. The highest BCUT2D eigenvalue weighted by atomic mass is 16.4. The van der Waals surface area contributed by atoms with Gasteiger partial charge < -0.3 is 15.0 Å². The maximum absolute atomic E-state index is 12.5. The first kappa shape index (κ1) is 14.8.